The molecule has 0 aromatic heterocycles. The smallest absolute Gasteiger partial charge is 0.00697 e. The van der Waals surface area contributed by atoms with Gasteiger partial charge in [-0.05, 0) is 55.8 Å². The van der Waals surface area contributed by atoms with Crippen molar-refractivity contribution in [3.8, 4) is 0 Å². The molecule has 4 unspecified atom stereocenters. The van der Waals surface area contributed by atoms with Crippen LogP contribution in [0.4, 0.5) is 0 Å². The fraction of sp³-hybridized carbons (Fsp3) is 1.00. The van der Waals surface area contributed by atoms with E-state index in [-0.39, 0.29) is 0 Å². The van der Waals surface area contributed by atoms with E-state index in [1.165, 1.54) is 32.1 Å². The topological polar surface area (TPSA) is 26.0 Å². The Morgan fingerprint density at radius 2 is 1.92 bits per heavy atom. The highest BCUT2D eigenvalue weighted by Crippen LogP contribution is 2.52. The second-order valence-corrected chi connectivity index (χ2v) is 5.62. The van der Waals surface area contributed by atoms with E-state index >= 15 is 0 Å². The van der Waals surface area contributed by atoms with Crippen molar-refractivity contribution >= 4 is 0 Å². The van der Waals surface area contributed by atoms with Gasteiger partial charge in [-0.2, -0.15) is 0 Å². The molecule has 0 radical (unpaired) electrons. The third-order valence-corrected chi connectivity index (χ3v) is 3.93. The maximum Gasteiger partial charge on any atom is 0.00697 e. The molecule has 76 valence electrons. The summed E-state index contributed by atoms with van der Waals surface area (Å²) in [5.74, 6) is 3.82. The molecule has 13 heavy (non-hydrogen) atoms. The largest absolute Gasteiger partial charge is 0.327 e. The zero-order chi connectivity index (χ0) is 9.42. The molecule has 0 aliphatic heterocycles. The molecule has 0 aromatic rings. The summed E-state index contributed by atoms with van der Waals surface area (Å²) < 4.78 is 0. The average Bonchev–Trinajstić information content (AvgIpc) is 2.79. The molecular formula is C12H23N. The van der Waals surface area contributed by atoms with Crippen LogP contribution in [0, 0.1) is 23.7 Å². The Balaban J connectivity index is 1.78. The summed E-state index contributed by atoms with van der Waals surface area (Å²) in [6.07, 6.45) is 7.07. The molecule has 2 saturated carbocycles. The Bertz CT molecular complexity index is 176. The molecule has 2 aliphatic rings. The van der Waals surface area contributed by atoms with Gasteiger partial charge < -0.3 is 5.73 Å². The van der Waals surface area contributed by atoms with Gasteiger partial charge in [-0.3, -0.25) is 0 Å². The molecule has 1 nitrogen and oxygen atoms in total. The third kappa shape index (κ3) is 2.25. The van der Waals surface area contributed by atoms with Gasteiger partial charge in [0.2, 0.25) is 0 Å². The second-order valence-electron chi connectivity index (χ2n) is 5.62. The van der Waals surface area contributed by atoms with Crippen LogP contribution < -0.4 is 5.73 Å². The van der Waals surface area contributed by atoms with Crippen LogP contribution in [0.3, 0.4) is 0 Å². The van der Waals surface area contributed by atoms with Crippen LogP contribution in [-0.4, -0.2) is 6.04 Å². The Morgan fingerprint density at radius 1 is 1.15 bits per heavy atom. The van der Waals surface area contributed by atoms with Crippen molar-refractivity contribution in [1.29, 1.82) is 0 Å². The quantitative estimate of drug-likeness (QED) is 0.712. The third-order valence-electron chi connectivity index (χ3n) is 3.93. The van der Waals surface area contributed by atoms with Gasteiger partial charge in [0.25, 0.3) is 0 Å². The lowest BCUT2D eigenvalue weighted by atomic mass is 9.81. The van der Waals surface area contributed by atoms with Crippen LogP contribution in [0.25, 0.3) is 0 Å². The molecule has 0 bridgehead atoms. The highest BCUT2D eigenvalue weighted by Gasteiger charge is 2.43. The van der Waals surface area contributed by atoms with Gasteiger partial charge in [-0.15, -0.1) is 0 Å². The zero-order valence-electron chi connectivity index (χ0n) is 9.00. The predicted molar refractivity (Wildman–Crippen MR) is 56.4 cm³/mol. The van der Waals surface area contributed by atoms with E-state index in [1.807, 2.05) is 0 Å². The van der Waals surface area contributed by atoms with E-state index < -0.39 is 0 Å². The molecule has 0 spiro atoms. The second kappa shape index (κ2) is 3.61. The van der Waals surface area contributed by atoms with Crippen LogP contribution in [0.2, 0.25) is 0 Å². The molecular weight excluding hydrogens is 158 g/mol. The minimum absolute atomic E-state index is 0.488. The molecule has 1 heteroatoms. The van der Waals surface area contributed by atoms with Gasteiger partial charge in [0.1, 0.15) is 0 Å². The highest BCUT2D eigenvalue weighted by atomic mass is 14.7. The van der Waals surface area contributed by atoms with Gasteiger partial charge in [0, 0.05) is 6.04 Å². The molecule has 0 heterocycles. The lowest BCUT2D eigenvalue weighted by Crippen LogP contribution is -2.33. The molecule has 2 fully saturated rings. The van der Waals surface area contributed by atoms with E-state index in [4.69, 9.17) is 5.73 Å². The minimum atomic E-state index is 0.488. The lowest BCUT2D eigenvalue weighted by Gasteiger charge is -2.28. The number of fused-ring (bicyclic) bond motifs is 1. The summed E-state index contributed by atoms with van der Waals surface area (Å²) in [6.45, 7) is 4.56. The molecule has 4 atom stereocenters. The van der Waals surface area contributed by atoms with Crippen molar-refractivity contribution in [3.63, 3.8) is 0 Å². The fourth-order valence-electron chi connectivity index (χ4n) is 3.01. The van der Waals surface area contributed by atoms with Gasteiger partial charge >= 0.3 is 0 Å². The van der Waals surface area contributed by atoms with Crippen LogP contribution in [0.15, 0.2) is 0 Å². The van der Waals surface area contributed by atoms with Crippen LogP contribution in [-0.2, 0) is 0 Å². The summed E-state index contributed by atoms with van der Waals surface area (Å²) in [6, 6.07) is 0.488. The number of nitrogens with two attached hydrogens (primary N) is 1. The maximum atomic E-state index is 6.23. The molecule has 2 aliphatic carbocycles. The first kappa shape index (κ1) is 9.51. The summed E-state index contributed by atoms with van der Waals surface area (Å²) in [4.78, 5) is 0. The van der Waals surface area contributed by atoms with Crippen molar-refractivity contribution in [2.24, 2.45) is 29.4 Å². The molecule has 2 rings (SSSR count). The normalized spacial score (nSPS) is 40.2. The van der Waals surface area contributed by atoms with E-state index in [9.17, 15) is 0 Å². The van der Waals surface area contributed by atoms with E-state index in [0.717, 1.165) is 23.7 Å². The van der Waals surface area contributed by atoms with Gasteiger partial charge in [0.05, 0.1) is 0 Å². The first-order chi connectivity index (χ1) is 6.16. The molecule has 2 N–H and O–H groups in total. The van der Waals surface area contributed by atoms with Crippen molar-refractivity contribution < 1.29 is 0 Å². The van der Waals surface area contributed by atoms with Crippen LogP contribution in [0.5, 0.6) is 0 Å². The number of hydrogen-bond acceptors (Lipinski definition) is 1. The van der Waals surface area contributed by atoms with E-state index in [1.54, 1.807) is 0 Å². The molecule has 0 saturated heterocycles. The van der Waals surface area contributed by atoms with Gasteiger partial charge in [-0.1, -0.05) is 13.8 Å². The zero-order valence-corrected chi connectivity index (χ0v) is 9.00. The Labute approximate surface area is 82.1 Å². The Morgan fingerprint density at radius 3 is 2.54 bits per heavy atom. The first-order valence-electron chi connectivity index (χ1n) is 5.92. The van der Waals surface area contributed by atoms with Crippen molar-refractivity contribution in [1.82, 2.24) is 0 Å². The SMILES string of the molecule is CC(C)CC(N)C1CCC2CC2C1. The van der Waals surface area contributed by atoms with Crippen LogP contribution >= 0.6 is 0 Å². The predicted octanol–water partition coefficient (Wildman–Crippen LogP) is 2.80. The fourth-order valence-corrected chi connectivity index (χ4v) is 3.01. The van der Waals surface area contributed by atoms with Crippen LogP contribution in [0.1, 0.15) is 46.0 Å². The summed E-state index contributed by atoms with van der Waals surface area (Å²) in [5, 5.41) is 0. The van der Waals surface area contributed by atoms with Crippen molar-refractivity contribution in [3.05, 3.63) is 0 Å². The minimum Gasteiger partial charge on any atom is -0.327 e. The number of rotatable bonds is 3. The van der Waals surface area contributed by atoms with Gasteiger partial charge in [0.15, 0.2) is 0 Å². The summed E-state index contributed by atoms with van der Waals surface area (Å²) in [5.41, 5.74) is 6.23. The first-order valence-corrected chi connectivity index (χ1v) is 5.92. The van der Waals surface area contributed by atoms with Crippen molar-refractivity contribution in [2.75, 3.05) is 0 Å². The average molecular weight is 181 g/mol. The Kier molecular flexibility index (Phi) is 2.64. The Hall–Kier alpha value is -0.0400. The molecule has 0 aromatic carbocycles. The van der Waals surface area contributed by atoms with Crippen molar-refractivity contribution in [2.45, 2.75) is 52.0 Å². The maximum absolute atomic E-state index is 6.23. The lowest BCUT2D eigenvalue weighted by molar-refractivity contribution is 0.269. The summed E-state index contributed by atoms with van der Waals surface area (Å²) in [7, 11) is 0. The summed E-state index contributed by atoms with van der Waals surface area (Å²) >= 11 is 0. The van der Waals surface area contributed by atoms with E-state index in [2.05, 4.69) is 13.8 Å². The standard InChI is InChI=1S/C12H23N/c1-8(2)5-12(13)10-4-3-9-6-11(9)7-10/h8-12H,3-7,13H2,1-2H3. The van der Waals surface area contributed by atoms with E-state index in [0.29, 0.717) is 6.04 Å². The monoisotopic (exact) mass is 181 g/mol. The highest BCUT2D eigenvalue weighted by molar-refractivity contribution is 4.94. The number of hydrogen-bond donors (Lipinski definition) is 1. The van der Waals surface area contributed by atoms with Gasteiger partial charge in [-0.25, -0.2) is 0 Å². The molecule has 0 amide bonds.